The maximum absolute atomic E-state index is 10.2. The zero-order chi connectivity index (χ0) is 14.8. The number of amides is 2. The Morgan fingerprint density at radius 3 is 2.21 bits per heavy atom. The maximum Gasteiger partial charge on any atom is 0.409 e. The number of carbonyl (C=O) groups is 2. The van der Waals surface area contributed by atoms with Crippen LogP contribution >= 0.6 is 0 Å². The van der Waals surface area contributed by atoms with Gasteiger partial charge in [0.15, 0.2) is 0 Å². The molecule has 0 aliphatic rings. The minimum absolute atomic E-state index is 0.128. The Morgan fingerprint density at radius 1 is 1.26 bits per heavy atom. The van der Waals surface area contributed by atoms with Gasteiger partial charge in [-0.05, 0) is 18.1 Å². The molecule has 0 aliphatic carbocycles. The van der Waals surface area contributed by atoms with Crippen molar-refractivity contribution in [3.8, 4) is 0 Å². The fourth-order valence-electron chi connectivity index (χ4n) is 0.803. The summed E-state index contributed by atoms with van der Waals surface area (Å²) in [5, 5.41) is 20.8. The maximum atomic E-state index is 10.2. The summed E-state index contributed by atoms with van der Waals surface area (Å²) in [6, 6.07) is 7.55. The Kier molecular flexibility index (Phi) is 7.54. The Morgan fingerprint density at radius 2 is 1.79 bits per heavy atom. The van der Waals surface area contributed by atoms with E-state index in [2.05, 4.69) is 38.2 Å². The summed E-state index contributed by atoms with van der Waals surface area (Å²) in [5.74, 6) is 0.884. The van der Waals surface area contributed by atoms with Crippen molar-refractivity contribution in [3.05, 3.63) is 24.3 Å². The molecule has 0 saturated heterocycles. The summed E-state index contributed by atoms with van der Waals surface area (Å²) in [5.41, 5.74) is 0.351. The zero-order valence-electron chi connectivity index (χ0n) is 11.2. The SMILES string of the molecule is CCC(C)C.O=C(O)Nc1c#ccc(NC(=O)O)c1. The van der Waals surface area contributed by atoms with Crippen molar-refractivity contribution in [1.82, 2.24) is 0 Å². The summed E-state index contributed by atoms with van der Waals surface area (Å²) < 4.78 is 0. The van der Waals surface area contributed by atoms with E-state index < -0.39 is 12.2 Å². The molecular formula is C13H18N2O4. The first-order valence-corrected chi connectivity index (χ1v) is 5.78. The quantitative estimate of drug-likeness (QED) is 0.672. The summed E-state index contributed by atoms with van der Waals surface area (Å²) in [6.07, 6.45) is -1.17. The smallest absolute Gasteiger partial charge is 0.409 e. The average Bonchev–Trinajstić information content (AvgIpc) is 2.28. The van der Waals surface area contributed by atoms with Gasteiger partial charge in [-0.25, -0.2) is 9.59 Å². The molecule has 0 aliphatic heterocycles. The molecule has 1 aromatic rings. The first-order chi connectivity index (χ1) is 8.85. The van der Waals surface area contributed by atoms with Crippen LogP contribution in [0.25, 0.3) is 0 Å². The van der Waals surface area contributed by atoms with Crippen LogP contribution in [0.5, 0.6) is 0 Å². The van der Waals surface area contributed by atoms with Crippen molar-refractivity contribution in [2.75, 3.05) is 10.6 Å². The average molecular weight is 266 g/mol. The second-order valence-corrected chi connectivity index (χ2v) is 4.09. The van der Waals surface area contributed by atoms with Gasteiger partial charge in [0.1, 0.15) is 0 Å². The van der Waals surface area contributed by atoms with E-state index in [0.717, 1.165) is 5.92 Å². The van der Waals surface area contributed by atoms with Crippen LogP contribution in [0.2, 0.25) is 0 Å². The molecule has 0 saturated carbocycles. The number of hydrogen-bond donors (Lipinski definition) is 4. The van der Waals surface area contributed by atoms with Crippen LogP contribution in [0.15, 0.2) is 12.1 Å². The standard InChI is InChI=1S/C8H6N2O4.C5H12/c11-7(12)9-5-2-1-3-6(4-5)10-8(13)14;1-4-5(2)3/h2,4,9-10H,(H,11,12)(H,13,14);5H,4H2,1-3H3. The number of nitrogens with one attached hydrogen (secondary N) is 2. The fourth-order valence-corrected chi connectivity index (χ4v) is 0.803. The van der Waals surface area contributed by atoms with Gasteiger partial charge in [0.25, 0.3) is 0 Å². The minimum Gasteiger partial charge on any atom is -0.465 e. The van der Waals surface area contributed by atoms with E-state index in [4.69, 9.17) is 10.2 Å². The van der Waals surface area contributed by atoms with Gasteiger partial charge >= 0.3 is 12.2 Å². The van der Waals surface area contributed by atoms with E-state index in [9.17, 15) is 9.59 Å². The Hall–Kier alpha value is -2.42. The normalized spacial score (nSPS) is 8.84. The Labute approximate surface area is 112 Å². The lowest BCUT2D eigenvalue weighted by Gasteiger charge is -2.00. The summed E-state index contributed by atoms with van der Waals surface area (Å²) >= 11 is 0. The number of anilines is 2. The van der Waals surface area contributed by atoms with Crippen molar-refractivity contribution < 1.29 is 19.8 Å². The molecule has 0 bridgehead atoms. The molecule has 2 amide bonds. The lowest BCUT2D eigenvalue weighted by molar-refractivity contribution is 0.208. The highest BCUT2D eigenvalue weighted by Gasteiger charge is 2.00. The molecule has 0 radical (unpaired) electrons. The third-order valence-corrected chi connectivity index (χ3v) is 2.04. The fraction of sp³-hybridized carbons (Fsp3) is 0.385. The van der Waals surface area contributed by atoms with Crippen LogP contribution in [0.3, 0.4) is 0 Å². The summed E-state index contributed by atoms with van der Waals surface area (Å²) in [6.45, 7) is 6.64. The molecule has 0 aromatic heterocycles. The molecular weight excluding hydrogens is 248 g/mol. The van der Waals surface area contributed by atoms with Gasteiger partial charge in [-0.15, -0.1) is 0 Å². The molecule has 4 N–H and O–H groups in total. The van der Waals surface area contributed by atoms with Gasteiger partial charge in [-0.3, -0.25) is 10.6 Å². The van der Waals surface area contributed by atoms with Crippen LogP contribution in [0, 0.1) is 18.1 Å². The minimum atomic E-state index is -1.25. The third-order valence-electron chi connectivity index (χ3n) is 2.04. The van der Waals surface area contributed by atoms with Crippen molar-refractivity contribution in [3.63, 3.8) is 0 Å². The second kappa shape index (κ2) is 8.64. The topological polar surface area (TPSA) is 98.7 Å². The molecule has 1 aromatic carbocycles. The number of rotatable bonds is 3. The van der Waals surface area contributed by atoms with Gasteiger partial charge in [0.2, 0.25) is 0 Å². The van der Waals surface area contributed by atoms with Crippen LogP contribution in [-0.2, 0) is 0 Å². The first kappa shape index (κ1) is 16.6. The number of hydrogen-bond acceptors (Lipinski definition) is 2. The molecule has 0 unspecified atom stereocenters. The molecule has 1 rings (SSSR count). The van der Waals surface area contributed by atoms with E-state index >= 15 is 0 Å². The van der Waals surface area contributed by atoms with Crippen LogP contribution in [-0.4, -0.2) is 22.4 Å². The van der Waals surface area contributed by atoms with Gasteiger partial charge in [0.05, 0.1) is 11.4 Å². The first-order valence-electron chi connectivity index (χ1n) is 5.78. The summed E-state index contributed by atoms with van der Waals surface area (Å²) in [4.78, 5) is 20.5. The van der Waals surface area contributed by atoms with Gasteiger partial charge < -0.3 is 10.2 Å². The lowest BCUT2D eigenvalue weighted by Crippen LogP contribution is -2.09. The molecule has 0 heterocycles. The van der Waals surface area contributed by atoms with Gasteiger partial charge in [-0.2, -0.15) is 0 Å². The molecule has 0 fully saturated rings. The van der Waals surface area contributed by atoms with Gasteiger partial charge in [-0.1, -0.05) is 33.3 Å². The monoisotopic (exact) mass is 266 g/mol. The van der Waals surface area contributed by atoms with Crippen molar-refractivity contribution in [2.24, 2.45) is 5.92 Å². The molecule has 0 atom stereocenters. The number of carboxylic acid groups (broad SMARTS) is 2. The van der Waals surface area contributed by atoms with Gasteiger partial charge in [0, 0.05) is 6.07 Å². The largest absolute Gasteiger partial charge is 0.465 e. The van der Waals surface area contributed by atoms with E-state index in [1.807, 2.05) is 5.32 Å². The predicted octanol–water partition coefficient (Wildman–Crippen LogP) is 3.52. The highest BCUT2D eigenvalue weighted by Crippen LogP contribution is 2.10. The summed E-state index contributed by atoms with van der Waals surface area (Å²) in [7, 11) is 0. The molecule has 0 spiro atoms. The highest BCUT2D eigenvalue weighted by atomic mass is 16.4. The van der Waals surface area contributed by atoms with E-state index in [1.165, 1.54) is 18.6 Å². The zero-order valence-corrected chi connectivity index (χ0v) is 11.2. The molecule has 6 heteroatoms. The molecule has 6 nitrogen and oxygen atoms in total. The highest BCUT2D eigenvalue weighted by molar-refractivity contribution is 5.86. The lowest BCUT2D eigenvalue weighted by atomic mass is 10.2. The van der Waals surface area contributed by atoms with E-state index in [0.29, 0.717) is 0 Å². The molecule has 104 valence electrons. The second-order valence-electron chi connectivity index (χ2n) is 4.09. The Bertz CT molecular complexity index is 388. The van der Waals surface area contributed by atoms with E-state index in [1.54, 1.807) is 0 Å². The van der Waals surface area contributed by atoms with E-state index in [-0.39, 0.29) is 11.4 Å². The van der Waals surface area contributed by atoms with Crippen LogP contribution in [0.1, 0.15) is 27.2 Å². The van der Waals surface area contributed by atoms with Crippen molar-refractivity contribution in [1.29, 1.82) is 0 Å². The third kappa shape index (κ3) is 9.30. The molecule has 19 heavy (non-hydrogen) atoms. The van der Waals surface area contributed by atoms with Crippen LogP contribution < -0.4 is 10.6 Å². The van der Waals surface area contributed by atoms with Crippen LogP contribution in [0.4, 0.5) is 21.0 Å². The van der Waals surface area contributed by atoms with Crippen molar-refractivity contribution in [2.45, 2.75) is 27.2 Å². The Balaban J connectivity index is 0.000000555. The predicted molar refractivity (Wildman–Crippen MR) is 72.5 cm³/mol. The van der Waals surface area contributed by atoms with Crippen molar-refractivity contribution >= 4 is 23.6 Å².